The number of aromatic nitrogens is 2. The van der Waals surface area contributed by atoms with Crippen molar-refractivity contribution < 1.29 is 4.74 Å². The lowest BCUT2D eigenvalue weighted by Gasteiger charge is -2.17. The zero-order valence-corrected chi connectivity index (χ0v) is 18.3. The molecule has 0 saturated carbocycles. The van der Waals surface area contributed by atoms with E-state index in [9.17, 15) is 0 Å². The van der Waals surface area contributed by atoms with E-state index in [1.54, 1.807) is 0 Å². The molecule has 0 N–H and O–H groups in total. The molecule has 3 nitrogen and oxygen atoms in total. The number of hydrogen-bond acceptors (Lipinski definition) is 2. The summed E-state index contributed by atoms with van der Waals surface area (Å²) in [5.74, 6) is 0. The van der Waals surface area contributed by atoms with Gasteiger partial charge in [0, 0.05) is 19.0 Å². The Balaban J connectivity index is 1.75. The fraction of sp³-hybridized carbons (Fsp3) is 0.875. The molecule has 1 heterocycles. The molecule has 158 valence electrons. The highest BCUT2D eigenvalue weighted by atomic mass is 16.5. The second-order valence-electron chi connectivity index (χ2n) is 8.05. The molecular weight excluding hydrogens is 332 g/mol. The molecule has 0 aliphatic carbocycles. The molecule has 1 unspecified atom stereocenters. The summed E-state index contributed by atoms with van der Waals surface area (Å²) in [6.07, 6.45) is 29.4. The molecule has 0 aromatic carbocycles. The summed E-state index contributed by atoms with van der Waals surface area (Å²) in [6, 6.07) is 0. The highest BCUT2D eigenvalue weighted by Crippen LogP contribution is 2.15. The van der Waals surface area contributed by atoms with Gasteiger partial charge in [-0.15, -0.1) is 0 Å². The quantitative estimate of drug-likeness (QED) is 0.214. The van der Waals surface area contributed by atoms with Gasteiger partial charge in [0.2, 0.25) is 0 Å². The SMILES string of the molecule is CCCCCCCCCCCCCCCCCCOC(CC)n1ccnc1. The molecular formula is C24H46N2O. The maximum Gasteiger partial charge on any atom is 0.134 e. The maximum atomic E-state index is 5.98. The second-order valence-corrected chi connectivity index (χ2v) is 8.05. The van der Waals surface area contributed by atoms with Gasteiger partial charge in [0.25, 0.3) is 0 Å². The van der Waals surface area contributed by atoms with Crippen molar-refractivity contribution in [3.05, 3.63) is 18.7 Å². The van der Waals surface area contributed by atoms with Gasteiger partial charge in [-0.1, -0.05) is 110 Å². The Labute approximate surface area is 169 Å². The minimum atomic E-state index is 0.156. The van der Waals surface area contributed by atoms with Crippen LogP contribution in [0.1, 0.15) is 129 Å². The van der Waals surface area contributed by atoms with Gasteiger partial charge in [-0.3, -0.25) is 0 Å². The molecule has 0 aliphatic heterocycles. The van der Waals surface area contributed by atoms with Gasteiger partial charge in [-0.25, -0.2) is 4.98 Å². The van der Waals surface area contributed by atoms with Gasteiger partial charge < -0.3 is 9.30 Å². The lowest BCUT2D eigenvalue weighted by molar-refractivity contribution is -0.00221. The van der Waals surface area contributed by atoms with Crippen LogP contribution < -0.4 is 0 Å². The van der Waals surface area contributed by atoms with Crippen LogP contribution in [-0.2, 0) is 4.74 Å². The van der Waals surface area contributed by atoms with E-state index in [0.717, 1.165) is 13.0 Å². The van der Waals surface area contributed by atoms with Crippen molar-refractivity contribution in [2.45, 2.75) is 129 Å². The van der Waals surface area contributed by atoms with E-state index < -0.39 is 0 Å². The first-order valence-corrected chi connectivity index (χ1v) is 12.0. The highest BCUT2D eigenvalue weighted by Gasteiger charge is 2.06. The van der Waals surface area contributed by atoms with Crippen LogP contribution in [0, 0.1) is 0 Å². The average Bonchev–Trinajstić information content (AvgIpc) is 3.22. The van der Waals surface area contributed by atoms with E-state index in [-0.39, 0.29) is 6.23 Å². The molecule has 1 aromatic rings. The van der Waals surface area contributed by atoms with Crippen molar-refractivity contribution in [2.24, 2.45) is 0 Å². The Kier molecular flexibility index (Phi) is 16.6. The summed E-state index contributed by atoms with van der Waals surface area (Å²) in [4.78, 5) is 4.10. The van der Waals surface area contributed by atoms with Crippen molar-refractivity contribution in [1.82, 2.24) is 9.55 Å². The summed E-state index contributed by atoms with van der Waals surface area (Å²) in [6.45, 7) is 5.33. The number of unbranched alkanes of at least 4 members (excludes halogenated alkanes) is 15. The first kappa shape index (κ1) is 24.2. The Bertz CT molecular complexity index is 391. The second kappa shape index (κ2) is 18.5. The van der Waals surface area contributed by atoms with Crippen LogP contribution in [0.4, 0.5) is 0 Å². The van der Waals surface area contributed by atoms with Crippen molar-refractivity contribution in [1.29, 1.82) is 0 Å². The Morgan fingerprint density at radius 2 is 1.19 bits per heavy atom. The number of rotatable bonds is 20. The van der Waals surface area contributed by atoms with Crippen molar-refractivity contribution in [3.63, 3.8) is 0 Å². The smallest absolute Gasteiger partial charge is 0.134 e. The third kappa shape index (κ3) is 13.9. The predicted octanol–water partition coefficient (Wildman–Crippen LogP) is 8.07. The Morgan fingerprint density at radius 3 is 1.59 bits per heavy atom. The zero-order chi connectivity index (χ0) is 19.4. The molecule has 0 aliphatic rings. The average molecular weight is 379 g/mol. The van der Waals surface area contributed by atoms with Crippen LogP contribution in [0.5, 0.6) is 0 Å². The zero-order valence-electron chi connectivity index (χ0n) is 18.3. The largest absolute Gasteiger partial charge is 0.358 e. The van der Waals surface area contributed by atoms with Crippen LogP contribution in [-0.4, -0.2) is 16.2 Å². The fourth-order valence-corrected chi connectivity index (χ4v) is 3.72. The van der Waals surface area contributed by atoms with E-state index >= 15 is 0 Å². The van der Waals surface area contributed by atoms with Crippen LogP contribution in [0.3, 0.4) is 0 Å². The van der Waals surface area contributed by atoms with Crippen molar-refractivity contribution in [2.75, 3.05) is 6.61 Å². The molecule has 27 heavy (non-hydrogen) atoms. The minimum absolute atomic E-state index is 0.156. The van der Waals surface area contributed by atoms with Gasteiger partial charge in [-0.05, 0) is 12.8 Å². The predicted molar refractivity (Wildman–Crippen MR) is 117 cm³/mol. The molecule has 0 radical (unpaired) electrons. The van der Waals surface area contributed by atoms with E-state index in [0.29, 0.717) is 0 Å². The molecule has 0 bridgehead atoms. The first-order valence-electron chi connectivity index (χ1n) is 12.0. The lowest BCUT2D eigenvalue weighted by Crippen LogP contribution is -2.11. The molecule has 0 spiro atoms. The summed E-state index contributed by atoms with van der Waals surface area (Å²) in [7, 11) is 0. The van der Waals surface area contributed by atoms with Crippen LogP contribution in [0.2, 0.25) is 0 Å². The van der Waals surface area contributed by atoms with Crippen LogP contribution in [0.15, 0.2) is 18.7 Å². The van der Waals surface area contributed by atoms with Crippen molar-refractivity contribution in [3.8, 4) is 0 Å². The van der Waals surface area contributed by atoms with E-state index in [1.165, 1.54) is 103 Å². The van der Waals surface area contributed by atoms with E-state index in [2.05, 4.69) is 23.4 Å². The molecule has 1 rings (SSSR count). The fourth-order valence-electron chi connectivity index (χ4n) is 3.72. The molecule has 0 saturated heterocycles. The van der Waals surface area contributed by atoms with Gasteiger partial charge >= 0.3 is 0 Å². The minimum Gasteiger partial charge on any atom is -0.358 e. The van der Waals surface area contributed by atoms with Gasteiger partial charge in [0.1, 0.15) is 6.23 Å². The van der Waals surface area contributed by atoms with Gasteiger partial charge in [-0.2, -0.15) is 0 Å². The van der Waals surface area contributed by atoms with E-state index in [4.69, 9.17) is 4.74 Å². The van der Waals surface area contributed by atoms with Crippen LogP contribution in [0.25, 0.3) is 0 Å². The van der Waals surface area contributed by atoms with E-state index in [1.807, 2.05) is 18.7 Å². The number of nitrogens with zero attached hydrogens (tertiary/aromatic N) is 2. The van der Waals surface area contributed by atoms with Crippen LogP contribution >= 0.6 is 0 Å². The molecule has 3 heteroatoms. The molecule has 0 fully saturated rings. The highest BCUT2D eigenvalue weighted by molar-refractivity contribution is 4.76. The summed E-state index contributed by atoms with van der Waals surface area (Å²) in [5, 5.41) is 0. The molecule has 0 amide bonds. The maximum absolute atomic E-state index is 5.98. The summed E-state index contributed by atoms with van der Waals surface area (Å²) < 4.78 is 8.04. The Hall–Kier alpha value is -0.830. The first-order chi connectivity index (χ1) is 13.4. The number of hydrogen-bond donors (Lipinski definition) is 0. The number of imidazole rings is 1. The standard InChI is InChI=1S/C24H46N2O/c1-3-5-6-7-8-9-10-11-12-13-14-15-16-17-18-19-22-27-24(4-2)26-21-20-25-23-26/h20-21,23-24H,3-19,22H2,1-2H3. The Morgan fingerprint density at radius 1 is 0.704 bits per heavy atom. The third-order valence-electron chi connectivity index (χ3n) is 5.51. The molecule has 1 atom stereocenters. The molecule has 1 aromatic heterocycles. The number of ether oxygens (including phenoxy) is 1. The monoisotopic (exact) mass is 378 g/mol. The third-order valence-corrected chi connectivity index (χ3v) is 5.51. The summed E-state index contributed by atoms with van der Waals surface area (Å²) in [5.41, 5.74) is 0. The van der Waals surface area contributed by atoms with Gasteiger partial charge in [0.05, 0.1) is 6.33 Å². The lowest BCUT2D eigenvalue weighted by atomic mass is 10.0. The topological polar surface area (TPSA) is 27.1 Å². The summed E-state index contributed by atoms with van der Waals surface area (Å²) >= 11 is 0. The van der Waals surface area contributed by atoms with Crippen molar-refractivity contribution >= 4 is 0 Å². The van der Waals surface area contributed by atoms with Gasteiger partial charge in [0.15, 0.2) is 0 Å². The normalized spacial score (nSPS) is 12.5.